The van der Waals surface area contributed by atoms with Crippen LogP contribution >= 0.6 is 0 Å². The minimum Gasteiger partial charge on any atom is -0.378 e. The summed E-state index contributed by atoms with van der Waals surface area (Å²) in [4.78, 5) is 18.9. The molecular weight excluding hydrogens is 292 g/mol. The van der Waals surface area contributed by atoms with Gasteiger partial charge in [-0.3, -0.25) is 14.5 Å². The second kappa shape index (κ2) is 6.91. The molecule has 6 nitrogen and oxygen atoms in total. The predicted octanol–water partition coefficient (Wildman–Crippen LogP) is 2.12. The van der Waals surface area contributed by atoms with Crippen molar-refractivity contribution in [2.45, 2.75) is 25.9 Å². The van der Waals surface area contributed by atoms with E-state index in [0.29, 0.717) is 11.3 Å². The molecule has 0 N–H and O–H groups in total. The molecule has 1 saturated heterocycles. The van der Waals surface area contributed by atoms with Gasteiger partial charge in [-0.1, -0.05) is 0 Å². The lowest BCUT2D eigenvalue weighted by atomic mass is 10.0. The number of likely N-dealkylation sites (tertiary alicyclic amines) is 1. The van der Waals surface area contributed by atoms with E-state index in [2.05, 4.69) is 10.1 Å². The molecule has 6 heteroatoms. The highest BCUT2D eigenvalue weighted by Crippen LogP contribution is 2.24. The lowest BCUT2D eigenvalue weighted by Gasteiger charge is -2.31. The summed E-state index contributed by atoms with van der Waals surface area (Å²) in [6.45, 7) is 4.19. The number of pyridine rings is 1. The van der Waals surface area contributed by atoms with Crippen LogP contribution in [-0.2, 0) is 11.8 Å². The third-order valence-corrected chi connectivity index (χ3v) is 4.13. The molecule has 0 atom stereocenters. The summed E-state index contributed by atoms with van der Waals surface area (Å²) in [5, 5.41) is 4.45. The number of piperidine rings is 1. The van der Waals surface area contributed by atoms with Crippen LogP contribution in [0, 0.1) is 0 Å². The molecule has 3 rings (SSSR count). The number of aryl methyl sites for hydroxylation is 1. The van der Waals surface area contributed by atoms with Crippen LogP contribution in [0.1, 0.15) is 30.1 Å². The first-order valence-electron chi connectivity index (χ1n) is 8.04. The van der Waals surface area contributed by atoms with Gasteiger partial charge in [-0.2, -0.15) is 5.10 Å². The van der Waals surface area contributed by atoms with Crippen LogP contribution in [0.2, 0.25) is 0 Å². The third-order valence-electron chi connectivity index (χ3n) is 4.13. The van der Waals surface area contributed by atoms with Crippen LogP contribution in [0.15, 0.2) is 30.7 Å². The zero-order valence-electron chi connectivity index (χ0n) is 13.6. The van der Waals surface area contributed by atoms with Gasteiger partial charge in [0.05, 0.1) is 11.7 Å². The topological polar surface area (TPSA) is 60.2 Å². The van der Waals surface area contributed by atoms with Crippen molar-refractivity contribution in [3.63, 3.8) is 0 Å². The molecule has 2 aromatic rings. The fourth-order valence-corrected chi connectivity index (χ4v) is 2.99. The van der Waals surface area contributed by atoms with E-state index in [1.807, 2.05) is 31.0 Å². The molecule has 2 aromatic heterocycles. The maximum atomic E-state index is 12.9. The number of hydrogen-bond donors (Lipinski definition) is 0. The maximum Gasteiger partial charge on any atom is 0.257 e. The van der Waals surface area contributed by atoms with Gasteiger partial charge in [-0.05, 0) is 31.9 Å². The summed E-state index contributed by atoms with van der Waals surface area (Å²) >= 11 is 0. The summed E-state index contributed by atoms with van der Waals surface area (Å²) < 4.78 is 7.33. The standard InChI is InChI=1S/C17H22N4O2/c1-3-23-14-6-9-21(10-7-14)17(22)15-12-20(2)19-16(15)13-5-4-8-18-11-13/h4-5,8,11-12,14H,3,6-7,9-10H2,1-2H3. The summed E-state index contributed by atoms with van der Waals surface area (Å²) in [6.07, 6.45) is 7.30. The monoisotopic (exact) mass is 314 g/mol. The van der Waals surface area contributed by atoms with Gasteiger partial charge < -0.3 is 9.64 Å². The second-order valence-corrected chi connectivity index (χ2v) is 5.75. The number of rotatable bonds is 4. The first-order chi connectivity index (χ1) is 11.2. The quantitative estimate of drug-likeness (QED) is 0.867. The molecule has 0 aliphatic carbocycles. The molecule has 0 aromatic carbocycles. The Balaban J connectivity index is 1.79. The number of aromatic nitrogens is 3. The molecule has 1 fully saturated rings. The van der Waals surface area contributed by atoms with Gasteiger partial charge in [0.25, 0.3) is 5.91 Å². The van der Waals surface area contributed by atoms with Gasteiger partial charge in [-0.15, -0.1) is 0 Å². The lowest BCUT2D eigenvalue weighted by Crippen LogP contribution is -2.41. The summed E-state index contributed by atoms with van der Waals surface area (Å²) in [5.74, 6) is 0.0342. The number of ether oxygens (including phenoxy) is 1. The van der Waals surface area contributed by atoms with Crippen molar-refractivity contribution in [2.24, 2.45) is 7.05 Å². The Morgan fingerprint density at radius 3 is 2.83 bits per heavy atom. The molecule has 1 amide bonds. The maximum absolute atomic E-state index is 12.9. The van der Waals surface area contributed by atoms with E-state index in [4.69, 9.17) is 4.74 Å². The van der Waals surface area contributed by atoms with Crippen LogP contribution in [-0.4, -0.2) is 51.4 Å². The molecule has 122 valence electrons. The van der Waals surface area contributed by atoms with Gasteiger partial charge >= 0.3 is 0 Å². The van der Waals surface area contributed by atoms with E-state index in [9.17, 15) is 4.79 Å². The minimum absolute atomic E-state index is 0.0342. The van der Waals surface area contributed by atoms with Crippen molar-refractivity contribution in [1.82, 2.24) is 19.7 Å². The van der Waals surface area contributed by atoms with Crippen LogP contribution in [0.25, 0.3) is 11.3 Å². The fourth-order valence-electron chi connectivity index (χ4n) is 2.99. The van der Waals surface area contributed by atoms with E-state index < -0.39 is 0 Å². The van der Waals surface area contributed by atoms with E-state index in [1.54, 1.807) is 23.3 Å². The number of nitrogens with zero attached hydrogens (tertiary/aromatic N) is 4. The van der Waals surface area contributed by atoms with Crippen LogP contribution in [0.4, 0.5) is 0 Å². The van der Waals surface area contributed by atoms with E-state index in [0.717, 1.165) is 38.1 Å². The number of amides is 1. The van der Waals surface area contributed by atoms with Crippen LogP contribution in [0.3, 0.4) is 0 Å². The number of hydrogen-bond acceptors (Lipinski definition) is 4. The van der Waals surface area contributed by atoms with Gasteiger partial charge in [0.1, 0.15) is 5.69 Å². The Kier molecular flexibility index (Phi) is 4.71. The Morgan fingerprint density at radius 1 is 1.39 bits per heavy atom. The summed E-state index contributed by atoms with van der Waals surface area (Å²) in [7, 11) is 1.83. The molecule has 0 unspecified atom stereocenters. The molecule has 3 heterocycles. The minimum atomic E-state index is 0.0342. The summed E-state index contributed by atoms with van der Waals surface area (Å²) in [5.41, 5.74) is 2.19. The second-order valence-electron chi connectivity index (χ2n) is 5.75. The molecule has 0 saturated carbocycles. The van der Waals surface area contributed by atoms with Crippen molar-refractivity contribution in [2.75, 3.05) is 19.7 Å². The van der Waals surface area contributed by atoms with Crippen LogP contribution < -0.4 is 0 Å². The molecule has 0 radical (unpaired) electrons. The molecular formula is C17H22N4O2. The van der Waals surface area contributed by atoms with Crippen molar-refractivity contribution >= 4 is 5.91 Å². The van der Waals surface area contributed by atoms with Gasteiger partial charge in [0.2, 0.25) is 0 Å². The fraction of sp³-hybridized carbons (Fsp3) is 0.471. The Morgan fingerprint density at radius 2 is 2.17 bits per heavy atom. The van der Waals surface area contributed by atoms with Gasteiger partial charge in [-0.25, -0.2) is 0 Å². The Bertz CT molecular complexity index is 660. The Hall–Kier alpha value is -2.21. The average Bonchev–Trinajstić information content (AvgIpc) is 2.98. The van der Waals surface area contributed by atoms with Gasteiger partial charge in [0.15, 0.2) is 0 Å². The smallest absolute Gasteiger partial charge is 0.257 e. The number of carbonyl (C=O) groups excluding carboxylic acids is 1. The summed E-state index contributed by atoms with van der Waals surface area (Å²) in [6, 6.07) is 3.78. The largest absolute Gasteiger partial charge is 0.378 e. The molecule has 1 aliphatic rings. The number of carbonyl (C=O) groups is 1. The van der Waals surface area contributed by atoms with Crippen molar-refractivity contribution < 1.29 is 9.53 Å². The lowest BCUT2D eigenvalue weighted by molar-refractivity contribution is 0.0146. The van der Waals surface area contributed by atoms with Crippen molar-refractivity contribution in [1.29, 1.82) is 0 Å². The molecule has 23 heavy (non-hydrogen) atoms. The molecule has 0 bridgehead atoms. The Labute approximate surface area is 136 Å². The van der Waals surface area contributed by atoms with Crippen molar-refractivity contribution in [3.8, 4) is 11.3 Å². The zero-order chi connectivity index (χ0) is 16.2. The SMILES string of the molecule is CCOC1CCN(C(=O)c2cn(C)nc2-c2cccnc2)CC1. The first kappa shape index (κ1) is 15.7. The van der Waals surface area contributed by atoms with Crippen molar-refractivity contribution in [3.05, 3.63) is 36.3 Å². The zero-order valence-corrected chi connectivity index (χ0v) is 13.6. The first-order valence-corrected chi connectivity index (χ1v) is 8.04. The molecule has 1 aliphatic heterocycles. The van der Waals surface area contributed by atoms with E-state index in [-0.39, 0.29) is 12.0 Å². The highest BCUT2D eigenvalue weighted by atomic mass is 16.5. The normalized spacial score (nSPS) is 15.8. The average molecular weight is 314 g/mol. The highest BCUT2D eigenvalue weighted by Gasteiger charge is 2.27. The predicted molar refractivity (Wildman–Crippen MR) is 87.0 cm³/mol. The molecule has 0 spiro atoms. The highest BCUT2D eigenvalue weighted by molar-refractivity contribution is 5.99. The van der Waals surface area contributed by atoms with E-state index in [1.165, 1.54) is 0 Å². The van der Waals surface area contributed by atoms with Crippen LogP contribution in [0.5, 0.6) is 0 Å². The van der Waals surface area contributed by atoms with E-state index >= 15 is 0 Å². The van der Waals surface area contributed by atoms with Gasteiger partial charge in [0, 0.05) is 50.9 Å². The third kappa shape index (κ3) is 3.42.